The molecule has 1 saturated carbocycles. The molecule has 0 unspecified atom stereocenters. The fourth-order valence-electron chi connectivity index (χ4n) is 2.11. The maximum Gasteiger partial charge on any atom is 0.139 e. The van der Waals surface area contributed by atoms with Crippen LogP contribution >= 0.6 is 0 Å². The summed E-state index contributed by atoms with van der Waals surface area (Å²) in [6.07, 6.45) is 7.26. The molecule has 1 N–H and O–H groups in total. The number of aromatic nitrogens is 1. The van der Waals surface area contributed by atoms with Gasteiger partial charge in [-0.1, -0.05) is 0 Å². The van der Waals surface area contributed by atoms with Gasteiger partial charge in [-0.2, -0.15) is 0 Å². The van der Waals surface area contributed by atoms with Gasteiger partial charge < -0.3 is 9.73 Å². The molecule has 0 atom stereocenters. The van der Waals surface area contributed by atoms with Crippen molar-refractivity contribution in [3.8, 4) is 0 Å². The molecule has 0 saturated heterocycles. The number of fused-ring (bicyclic) bond motifs is 1. The van der Waals surface area contributed by atoms with Gasteiger partial charge in [0.2, 0.25) is 0 Å². The fourth-order valence-corrected chi connectivity index (χ4v) is 2.11. The molecule has 78 valence electrons. The van der Waals surface area contributed by atoms with Crippen LogP contribution in [0.1, 0.15) is 26.2 Å². The Morgan fingerprint density at radius 1 is 1.40 bits per heavy atom. The van der Waals surface area contributed by atoms with Crippen molar-refractivity contribution < 1.29 is 4.42 Å². The lowest BCUT2D eigenvalue weighted by molar-refractivity contribution is 0.306. The van der Waals surface area contributed by atoms with E-state index in [0.717, 1.165) is 16.8 Å². The second kappa shape index (κ2) is 2.99. The third-order valence-corrected chi connectivity index (χ3v) is 3.26. The minimum Gasteiger partial charge on any atom is -0.464 e. The van der Waals surface area contributed by atoms with Gasteiger partial charge >= 0.3 is 0 Å². The summed E-state index contributed by atoms with van der Waals surface area (Å²) in [5.74, 6) is 0.948. The molecule has 2 aromatic rings. The van der Waals surface area contributed by atoms with Crippen molar-refractivity contribution in [3.63, 3.8) is 0 Å². The third kappa shape index (κ3) is 1.39. The van der Waals surface area contributed by atoms with Crippen molar-refractivity contribution in [2.24, 2.45) is 0 Å². The van der Waals surface area contributed by atoms with Crippen molar-refractivity contribution in [2.75, 3.05) is 5.32 Å². The van der Waals surface area contributed by atoms with Gasteiger partial charge in [-0.05, 0) is 38.3 Å². The Morgan fingerprint density at radius 3 is 3.00 bits per heavy atom. The first kappa shape index (κ1) is 8.77. The van der Waals surface area contributed by atoms with Crippen molar-refractivity contribution in [3.05, 3.63) is 24.6 Å². The summed E-state index contributed by atoms with van der Waals surface area (Å²) in [5.41, 5.74) is 1.13. The Labute approximate surface area is 88.5 Å². The first-order valence-electron chi connectivity index (χ1n) is 5.37. The fraction of sp³-hybridized carbons (Fsp3) is 0.417. The molecule has 0 radical (unpaired) electrons. The molecular formula is C12H14N2O. The average Bonchev–Trinajstić information content (AvgIpc) is 2.64. The van der Waals surface area contributed by atoms with Crippen molar-refractivity contribution in [1.82, 2.24) is 4.98 Å². The van der Waals surface area contributed by atoms with Crippen molar-refractivity contribution in [2.45, 2.75) is 31.7 Å². The topological polar surface area (TPSA) is 38.1 Å². The molecule has 3 nitrogen and oxygen atoms in total. The molecule has 0 aliphatic heterocycles. The molecule has 3 rings (SSSR count). The number of anilines is 1. The predicted molar refractivity (Wildman–Crippen MR) is 59.9 cm³/mol. The first-order chi connectivity index (χ1) is 7.27. The van der Waals surface area contributed by atoms with Gasteiger partial charge in [-0.15, -0.1) is 0 Å². The first-order valence-corrected chi connectivity index (χ1v) is 5.37. The maximum absolute atomic E-state index is 5.34. The Kier molecular flexibility index (Phi) is 1.75. The standard InChI is InChI=1S/C12H14N2O/c1-12(5-2-6-12)14-11-9-4-8-15-10(9)3-7-13-11/h3-4,7-8H,2,5-6H2,1H3,(H,13,14). The van der Waals surface area contributed by atoms with Crippen LogP contribution in [-0.4, -0.2) is 10.5 Å². The predicted octanol–water partition coefficient (Wildman–Crippen LogP) is 3.18. The summed E-state index contributed by atoms with van der Waals surface area (Å²) >= 11 is 0. The summed E-state index contributed by atoms with van der Waals surface area (Å²) < 4.78 is 5.34. The quantitative estimate of drug-likeness (QED) is 0.812. The number of rotatable bonds is 2. The van der Waals surface area contributed by atoms with E-state index in [1.165, 1.54) is 19.3 Å². The second-order valence-electron chi connectivity index (χ2n) is 4.53. The summed E-state index contributed by atoms with van der Waals surface area (Å²) in [6, 6.07) is 3.86. The van der Waals surface area contributed by atoms with Crippen LogP contribution in [0.15, 0.2) is 29.0 Å². The Balaban J connectivity index is 1.99. The molecule has 2 heterocycles. The molecule has 0 aromatic carbocycles. The van der Waals surface area contributed by atoms with Crippen LogP contribution in [0.25, 0.3) is 11.0 Å². The number of nitrogens with zero attached hydrogens (tertiary/aromatic N) is 1. The van der Waals surface area contributed by atoms with Gasteiger partial charge in [0, 0.05) is 11.7 Å². The lowest BCUT2D eigenvalue weighted by Crippen LogP contribution is -2.41. The van der Waals surface area contributed by atoms with E-state index in [1.807, 2.05) is 12.1 Å². The molecule has 15 heavy (non-hydrogen) atoms. The van der Waals surface area contributed by atoms with Crippen LogP contribution in [0.5, 0.6) is 0 Å². The van der Waals surface area contributed by atoms with E-state index in [-0.39, 0.29) is 5.54 Å². The highest BCUT2D eigenvalue weighted by Gasteiger charge is 2.32. The minimum atomic E-state index is 0.235. The third-order valence-electron chi connectivity index (χ3n) is 3.26. The molecular weight excluding hydrogens is 188 g/mol. The zero-order valence-corrected chi connectivity index (χ0v) is 8.79. The molecule has 0 amide bonds. The summed E-state index contributed by atoms with van der Waals surface area (Å²) in [7, 11) is 0. The van der Waals surface area contributed by atoms with Gasteiger partial charge in [0.25, 0.3) is 0 Å². The molecule has 2 aromatic heterocycles. The maximum atomic E-state index is 5.34. The Hall–Kier alpha value is -1.51. The van der Waals surface area contributed by atoms with Crippen LogP contribution in [0.4, 0.5) is 5.82 Å². The summed E-state index contributed by atoms with van der Waals surface area (Å²) in [4.78, 5) is 4.38. The molecule has 1 aliphatic carbocycles. The largest absolute Gasteiger partial charge is 0.464 e. The number of furan rings is 1. The van der Waals surface area contributed by atoms with E-state index in [2.05, 4.69) is 17.2 Å². The zero-order valence-electron chi connectivity index (χ0n) is 8.79. The average molecular weight is 202 g/mol. The second-order valence-corrected chi connectivity index (χ2v) is 4.53. The monoisotopic (exact) mass is 202 g/mol. The van der Waals surface area contributed by atoms with E-state index in [9.17, 15) is 0 Å². The van der Waals surface area contributed by atoms with Gasteiger partial charge in [0.15, 0.2) is 0 Å². The molecule has 3 heteroatoms. The normalized spacial score (nSPS) is 18.7. The van der Waals surface area contributed by atoms with Gasteiger partial charge in [-0.25, -0.2) is 4.98 Å². The van der Waals surface area contributed by atoms with Gasteiger partial charge in [-0.3, -0.25) is 0 Å². The van der Waals surface area contributed by atoms with Crippen LogP contribution in [-0.2, 0) is 0 Å². The van der Waals surface area contributed by atoms with E-state index < -0.39 is 0 Å². The number of hydrogen-bond donors (Lipinski definition) is 1. The highest BCUT2D eigenvalue weighted by atomic mass is 16.3. The SMILES string of the molecule is CC1(Nc2nccc3occc23)CCC1. The van der Waals surface area contributed by atoms with Crippen LogP contribution < -0.4 is 5.32 Å². The highest BCUT2D eigenvalue weighted by molar-refractivity contribution is 5.88. The smallest absolute Gasteiger partial charge is 0.139 e. The molecule has 0 bridgehead atoms. The van der Waals surface area contributed by atoms with E-state index >= 15 is 0 Å². The number of pyridine rings is 1. The lowest BCUT2D eigenvalue weighted by Gasteiger charge is -2.39. The van der Waals surface area contributed by atoms with E-state index in [1.54, 1.807) is 12.5 Å². The minimum absolute atomic E-state index is 0.235. The highest BCUT2D eigenvalue weighted by Crippen LogP contribution is 2.35. The molecule has 1 fully saturated rings. The van der Waals surface area contributed by atoms with Gasteiger partial charge in [0.1, 0.15) is 11.4 Å². The van der Waals surface area contributed by atoms with Crippen LogP contribution in [0.2, 0.25) is 0 Å². The zero-order chi connectivity index (χ0) is 10.3. The van der Waals surface area contributed by atoms with Crippen molar-refractivity contribution in [1.29, 1.82) is 0 Å². The van der Waals surface area contributed by atoms with Crippen LogP contribution in [0, 0.1) is 0 Å². The van der Waals surface area contributed by atoms with Gasteiger partial charge in [0.05, 0.1) is 11.6 Å². The molecule has 1 aliphatic rings. The summed E-state index contributed by atoms with van der Waals surface area (Å²) in [6.45, 7) is 2.25. The lowest BCUT2D eigenvalue weighted by atomic mass is 9.78. The number of hydrogen-bond acceptors (Lipinski definition) is 3. The van der Waals surface area contributed by atoms with Crippen molar-refractivity contribution >= 4 is 16.8 Å². The van der Waals surface area contributed by atoms with E-state index in [4.69, 9.17) is 4.42 Å². The molecule has 0 spiro atoms. The summed E-state index contributed by atoms with van der Waals surface area (Å²) in [5, 5.41) is 4.59. The Morgan fingerprint density at radius 2 is 2.27 bits per heavy atom. The van der Waals surface area contributed by atoms with E-state index in [0.29, 0.717) is 0 Å². The number of nitrogens with one attached hydrogen (secondary N) is 1. The Bertz CT molecular complexity index is 485. The van der Waals surface area contributed by atoms with Crippen LogP contribution in [0.3, 0.4) is 0 Å².